The standard InChI is InChI=1S/C7H9N7O2/c8-1-3-5(12-13-7(3)9)6(16)4(15)2-11-14-10/h4,6,15-16H,2H2,(H3,9,12,13). The lowest BCUT2D eigenvalue weighted by Crippen LogP contribution is -2.22. The van der Waals surface area contributed by atoms with Crippen LogP contribution in [0.25, 0.3) is 10.4 Å². The minimum atomic E-state index is -1.41. The number of H-pyrrole nitrogens is 1. The molecule has 84 valence electrons. The number of aliphatic hydroxyl groups is 2. The van der Waals surface area contributed by atoms with Crippen molar-refractivity contribution in [2.45, 2.75) is 12.2 Å². The first-order valence-electron chi connectivity index (χ1n) is 4.22. The largest absolute Gasteiger partial charge is 0.390 e. The summed E-state index contributed by atoms with van der Waals surface area (Å²) in [5.74, 6) is -0.0625. The average molecular weight is 223 g/mol. The second kappa shape index (κ2) is 4.99. The van der Waals surface area contributed by atoms with Crippen LogP contribution in [0.5, 0.6) is 0 Å². The minimum absolute atomic E-state index is 0.000592. The van der Waals surface area contributed by atoms with Crippen LogP contribution in [0.3, 0.4) is 0 Å². The first kappa shape index (κ1) is 11.8. The second-order valence-corrected chi connectivity index (χ2v) is 2.93. The Labute approximate surface area is 89.7 Å². The molecule has 0 amide bonds. The van der Waals surface area contributed by atoms with Crippen molar-refractivity contribution in [3.05, 3.63) is 21.7 Å². The second-order valence-electron chi connectivity index (χ2n) is 2.93. The summed E-state index contributed by atoms with van der Waals surface area (Å²) in [5.41, 5.74) is 13.4. The number of azide groups is 1. The van der Waals surface area contributed by atoms with E-state index < -0.39 is 12.2 Å². The highest BCUT2D eigenvalue weighted by Crippen LogP contribution is 2.22. The maximum absolute atomic E-state index is 9.63. The summed E-state index contributed by atoms with van der Waals surface area (Å²) in [7, 11) is 0. The van der Waals surface area contributed by atoms with Gasteiger partial charge >= 0.3 is 0 Å². The maximum atomic E-state index is 9.63. The van der Waals surface area contributed by atoms with E-state index in [4.69, 9.17) is 16.5 Å². The number of aliphatic hydroxyl groups excluding tert-OH is 2. The smallest absolute Gasteiger partial charge is 0.163 e. The molecule has 0 aliphatic carbocycles. The Kier molecular flexibility index (Phi) is 3.68. The van der Waals surface area contributed by atoms with Crippen molar-refractivity contribution in [3.63, 3.8) is 0 Å². The van der Waals surface area contributed by atoms with Crippen LogP contribution in [0.15, 0.2) is 5.11 Å². The molecule has 1 heterocycles. The zero-order valence-corrected chi connectivity index (χ0v) is 8.07. The van der Waals surface area contributed by atoms with Gasteiger partial charge in [0.2, 0.25) is 0 Å². The van der Waals surface area contributed by atoms with E-state index in [1.165, 1.54) is 0 Å². The predicted octanol–water partition coefficient (Wildman–Crippen LogP) is -0.432. The van der Waals surface area contributed by atoms with Crippen molar-refractivity contribution >= 4 is 5.82 Å². The molecule has 9 heteroatoms. The van der Waals surface area contributed by atoms with Gasteiger partial charge in [0.1, 0.15) is 17.7 Å². The molecule has 1 aromatic rings. The molecule has 1 aromatic heterocycles. The first-order valence-corrected chi connectivity index (χ1v) is 4.22. The number of anilines is 1. The Bertz CT molecular complexity index is 456. The number of hydrogen-bond acceptors (Lipinski definition) is 6. The normalized spacial score (nSPS) is 13.6. The highest BCUT2D eigenvalue weighted by Gasteiger charge is 2.24. The molecule has 2 unspecified atom stereocenters. The molecule has 0 aliphatic heterocycles. The lowest BCUT2D eigenvalue weighted by Gasteiger charge is -2.14. The highest BCUT2D eigenvalue weighted by molar-refractivity contribution is 5.51. The summed E-state index contributed by atoms with van der Waals surface area (Å²) in [5, 5.41) is 36.7. The van der Waals surface area contributed by atoms with Crippen LogP contribution in [0, 0.1) is 11.3 Å². The van der Waals surface area contributed by atoms with Gasteiger partial charge < -0.3 is 15.9 Å². The van der Waals surface area contributed by atoms with Crippen LogP contribution in [0.4, 0.5) is 5.82 Å². The van der Waals surface area contributed by atoms with Gasteiger partial charge in [0.05, 0.1) is 18.3 Å². The summed E-state index contributed by atoms with van der Waals surface area (Å²) in [6, 6.07) is 1.74. The number of nitrogens with zero attached hydrogens (tertiary/aromatic N) is 5. The van der Waals surface area contributed by atoms with Crippen molar-refractivity contribution in [3.8, 4) is 6.07 Å². The number of nitrogens with one attached hydrogen (secondary N) is 1. The topological polar surface area (TPSA) is 168 Å². The van der Waals surface area contributed by atoms with E-state index >= 15 is 0 Å². The van der Waals surface area contributed by atoms with Gasteiger partial charge in [0.15, 0.2) is 5.82 Å². The molecular formula is C7H9N7O2. The lowest BCUT2D eigenvalue weighted by atomic mass is 10.1. The number of aromatic amines is 1. The van der Waals surface area contributed by atoms with Crippen LogP contribution in [0.1, 0.15) is 17.4 Å². The molecule has 0 radical (unpaired) electrons. The van der Waals surface area contributed by atoms with Gasteiger partial charge in [-0.1, -0.05) is 5.11 Å². The molecule has 1 rings (SSSR count). The number of nitriles is 1. The molecule has 0 spiro atoms. The number of rotatable bonds is 4. The summed E-state index contributed by atoms with van der Waals surface area (Å²) >= 11 is 0. The molecule has 0 fully saturated rings. The highest BCUT2D eigenvalue weighted by atomic mass is 16.3. The number of hydrogen-bond donors (Lipinski definition) is 4. The quantitative estimate of drug-likeness (QED) is 0.308. The number of nitrogen functional groups attached to an aromatic ring is 1. The van der Waals surface area contributed by atoms with E-state index in [-0.39, 0.29) is 23.6 Å². The summed E-state index contributed by atoms with van der Waals surface area (Å²) in [6.45, 7) is -0.318. The van der Waals surface area contributed by atoms with Gasteiger partial charge in [-0.2, -0.15) is 10.4 Å². The minimum Gasteiger partial charge on any atom is -0.390 e. The zero-order valence-electron chi connectivity index (χ0n) is 8.07. The van der Waals surface area contributed by atoms with E-state index in [0.717, 1.165) is 0 Å². The van der Waals surface area contributed by atoms with Gasteiger partial charge in [-0.25, -0.2) is 0 Å². The van der Waals surface area contributed by atoms with E-state index in [1.54, 1.807) is 6.07 Å². The van der Waals surface area contributed by atoms with Gasteiger partial charge in [-0.3, -0.25) is 5.10 Å². The molecule has 0 aromatic carbocycles. The molecule has 0 aliphatic rings. The van der Waals surface area contributed by atoms with E-state index in [9.17, 15) is 10.2 Å². The average Bonchev–Trinajstić information content (AvgIpc) is 2.66. The molecular weight excluding hydrogens is 214 g/mol. The van der Waals surface area contributed by atoms with Gasteiger partial charge in [-0.05, 0) is 5.53 Å². The molecule has 0 saturated heterocycles. The molecule has 2 atom stereocenters. The van der Waals surface area contributed by atoms with Crippen molar-refractivity contribution in [1.29, 1.82) is 5.26 Å². The fourth-order valence-corrected chi connectivity index (χ4v) is 1.11. The van der Waals surface area contributed by atoms with Crippen molar-refractivity contribution in [2.24, 2.45) is 5.11 Å². The van der Waals surface area contributed by atoms with Gasteiger partial charge in [0, 0.05) is 4.91 Å². The van der Waals surface area contributed by atoms with E-state index in [0.29, 0.717) is 0 Å². The zero-order chi connectivity index (χ0) is 12.1. The monoisotopic (exact) mass is 223 g/mol. The summed E-state index contributed by atoms with van der Waals surface area (Å²) in [4.78, 5) is 2.44. The third kappa shape index (κ3) is 2.21. The van der Waals surface area contributed by atoms with Crippen LogP contribution in [-0.2, 0) is 0 Å². The lowest BCUT2D eigenvalue weighted by molar-refractivity contribution is 0.0216. The van der Waals surface area contributed by atoms with Crippen LogP contribution >= 0.6 is 0 Å². The van der Waals surface area contributed by atoms with Crippen LogP contribution in [-0.4, -0.2) is 33.1 Å². The number of nitrogens with two attached hydrogens (primary N) is 1. The summed E-state index contributed by atoms with van der Waals surface area (Å²) in [6.07, 6.45) is -2.74. The van der Waals surface area contributed by atoms with E-state index in [2.05, 4.69) is 20.2 Å². The fraction of sp³-hybridized carbons (Fsp3) is 0.429. The van der Waals surface area contributed by atoms with Crippen molar-refractivity contribution in [1.82, 2.24) is 10.2 Å². The van der Waals surface area contributed by atoms with Crippen molar-refractivity contribution in [2.75, 3.05) is 12.3 Å². The first-order chi connectivity index (χ1) is 7.61. The van der Waals surface area contributed by atoms with Gasteiger partial charge in [-0.15, -0.1) is 0 Å². The Balaban J connectivity index is 2.92. The number of aromatic nitrogens is 2. The predicted molar refractivity (Wildman–Crippen MR) is 52.7 cm³/mol. The van der Waals surface area contributed by atoms with Crippen LogP contribution < -0.4 is 5.73 Å². The Morgan fingerprint density at radius 2 is 2.38 bits per heavy atom. The third-order valence-corrected chi connectivity index (χ3v) is 1.93. The molecule has 0 saturated carbocycles. The third-order valence-electron chi connectivity index (χ3n) is 1.93. The molecule has 9 nitrogen and oxygen atoms in total. The Morgan fingerprint density at radius 1 is 1.69 bits per heavy atom. The molecule has 0 bridgehead atoms. The van der Waals surface area contributed by atoms with Gasteiger partial charge in [0.25, 0.3) is 0 Å². The molecule has 16 heavy (non-hydrogen) atoms. The molecule has 5 N–H and O–H groups in total. The SMILES string of the molecule is N#Cc1c(N)n[nH]c1C(O)C(O)CN=[N+]=[N-]. The maximum Gasteiger partial charge on any atom is 0.163 e. The van der Waals surface area contributed by atoms with Crippen molar-refractivity contribution < 1.29 is 10.2 Å². The van der Waals surface area contributed by atoms with E-state index in [1.807, 2.05) is 0 Å². The Hall–Kier alpha value is -2.27. The fourth-order valence-electron chi connectivity index (χ4n) is 1.11. The summed E-state index contributed by atoms with van der Waals surface area (Å²) < 4.78 is 0. The van der Waals surface area contributed by atoms with Crippen LogP contribution in [0.2, 0.25) is 0 Å². The Morgan fingerprint density at radius 3 is 2.94 bits per heavy atom.